The van der Waals surface area contributed by atoms with Gasteiger partial charge < -0.3 is 14.8 Å². The Hall–Kier alpha value is -1.27. The molecule has 0 radical (unpaired) electrons. The number of halogens is 3. The molecule has 0 bridgehead atoms. The van der Waals surface area contributed by atoms with Crippen molar-refractivity contribution in [1.82, 2.24) is 9.97 Å². The average molecular weight is 376 g/mol. The van der Waals surface area contributed by atoms with Crippen LogP contribution in [0.4, 0.5) is 0 Å². The lowest BCUT2D eigenvalue weighted by molar-refractivity contribution is 0.465. The second kappa shape index (κ2) is 6.08. The number of aromatic nitrogens is 2. The van der Waals surface area contributed by atoms with Gasteiger partial charge in [0, 0.05) is 6.07 Å². The number of phenols is 1. The maximum atomic E-state index is 9.50. The maximum absolute atomic E-state index is 9.50. The normalized spacial score (nSPS) is 11.1. The average Bonchev–Trinajstić information content (AvgIpc) is 2.90. The predicted molar refractivity (Wildman–Crippen MR) is 91.1 cm³/mol. The summed E-state index contributed by atoms with van der Waals surface area (Å²) in [5.74, 6) is 0.584. The third-order valence-electron chi connectivity index (χ3n) is 2.95. The Bertz CT molecular complexity index is 867. The third kappa shape index (κ3) is 2.82. The van der Waals surface area contributed by atoms with Gasteiger partial charge in [-0.2, -0.15) is 0 Å². The number of hydrogen-bond donors (Lipinski definition) is 2. The first-order chi connectivity index (χ1) is 10.5. The minimum Gasteiger partial charge on any atom is -0.506 e. The van der Waals surface area contributed by atoms with Crippen LogP contribution in [0.1, 0.15) is 0 Å². The number of ether oxygens (including phenoxy) is 1. The van der Waals surface area contributed by atoms with Gasteiger partial charge in [-0.25, -0.2) is 4.98 Å². The molecule has 3 rings (SSSR count). The fourth-order valence-corrected chi connectivity index (χ4v) is 2.84. The van der Waals surface area contributed by atoms with Crippen LogP contribution in [0.5, 0.6) is 17.2 Å². The minimum atomic E-state index is -0.113. The van der Waals surface area contributed by atoms with Crippen molar-refractivity contribution in [2.75, 3.05) is 6.26 Å². The van der Waals surface area contributed by atoms with Crippen LogP contribution in [0.2, 0.25) is 15.1 Å². The Morgan fingerprint density at radius 2 is 1.91 bits per heavy atom. The second-order valence-electron chi connectivity index (χ2n) is 4.36. The zero-order valence-electron chi connectivity index (χ0n) is 11.2. The Kier molecular flexibility index (Phi) is 4.32. The summed E-state index contributed by atoms with van der Waals surface area (Å²) in [6, 6.07) is 6.36. The number of nitrogens with zero attached hydrogens (tertiary/aromatic N) is 1. The van der Waals surface area contributed by atoms with Crippen molar-refractivity contribution >= 4 is 57.6 Å². The van der Waals surface area contributed by atoms with E-state index in [2.05, 4.69) is 9.97 Å². The number of benzene rings is 2. The second-order valence-corrected chi connectivity index (χ2v) is 6.32. The molecule has 0 aliphatic heterocycles. The van der Waals surface area contributed by atoms with Crippen molar-refractivity contribution < 1.29 is 9.84 Å². The number of imidazole rings is 1. The van der Waals surface area contributed by atoms with Gasteiger partial charge in [0.15, 0.2) is 5.16 Å². The lowest BCUT2D eigenvalue weighted by Crippen LogP contribution is -1.88. The van der Waals surface area contributed by atoms with Crippen LogP contribution in [0.3, 0.4) is 0 Å². The molecule has 0 atom stereocenters. The monoisotopic (exact) mass is 374 g/mol. The van der Waals surface area contributed by atoms with E-state index in [9.17, 15) is 5.11 Å². The van der Waals surface area contributed by atoms with Crippen molar-refractivity contribution in [3.8, 4) is 17.2 Å². The molecule has 1 aromatic heterocycles. The van der Waals surface area contributed by atoms with E-state index in [4.69, 9.17) is 39.5 Å². The lowest BCUT2D eigenvalue weighted by atomic mass is 10.3. The summed E-state index contributed by atoms with van der Waals surface area (Å²) in [5.41, 5.74) is 1.54. The number of fused-ring (bicyclic) bond motifs is 1. The van der Waals surface area contributed by atoms with Crippen LogP contribution >= 0.6 is 46.6 Å². The number of phenolic OH excluding ortho intramolecular Hbond substituents is 1. The van der Waals surface area contributed by atoms with Crippen LogP contribution in [0, 0.1) is 0 Å². The molecule has 4 nitrogen and oxygen atoms in total. The lowest BCUT2D eigenvalue weighted by Gasteiger charge is -2.10. The van der Waals surface area contributed by atoms with Gasteiger partial charge in [-0.05, 0) is 24.5 Å². The maximum Gasteiger partial charge on any atom is 0.166 e. The molecule has 3 aromatic rings. The number of rotatable bonds is 3. The summed E-state index contributed by atoms with van der Waals surface area (Å²) in [5, 5.41) is 10.8. The van der Waals surface area contributed by atoms with E-state index in [1.807, 2.05) is 6.26 Å². The summed E-state index contributed by atoms with van der Waals surface area (Å²) < 4.78 is 5.71. The summed E-state index contributed by atoms with van der Waals surface area (Å²) in [4.78, 5) is 7.54. The molecular weight excluding hydrogens is 367 g/mol. The Morgan fingerprint density at radius 1 is 1.14 bits per heavy atom. The first-order valence-electron chi connectivity index (χ1n) is 6.07. The molecule has 0 amide bonds. The molecule has 2 N–H and O–H groups in total. The van der Waals surface area contributed by atoms with E-state index in [0.29, 0.717) is 16.5 Å². The quantitative estimate of drug-likeness (QED) is 0.573. The summed E-state index contributed by atoms with van der Waals surface area (Å²) in [7, 11) is 0. The molecule has 22 heavy (non-hydrogen) atoms. The van der Waals surface area contributed by atoms with Crippen LogP contribution in [0.25, 0.3) is 11.0 Å². The van der Waals surface area contributed by atoms with Crippen molar-refractivity contribution in [2.24, 2.45) is 0 Å². The largest absolute Gasteiger partial charge is 0.506 e. The van der Waals surface area contributed by atoms with E-state index in [1.165, 1.54) is 23.9 Å². The summed E-state index contributed by atoms with van der Waals surface area (Å²) in [6.07, 6.45) is 1.93. The van der Waals surface area contributed by atoms with Crippen molar-refractivity contribution in [2.45, 2.75) is 5.16 Å². The van der Waals surface area contributed by atoms with Crippen LogP contribution in [-0.2, 0) is 0 Å². The minimum absolute atomic E-state index is 0.0285. The fourth-order valence-electron chi connectivity index (χ4n) is 1.88. The molecular formula is C14H9Cl3N2O2S. The van der Waals surface area contributed by atoms with Gasteiger partial charge in [-0.1, -0.05) is 46.6 Å². The molecule has 0 unspecified atom stereocenters. The Labute approximate surface area is 145 Å². The van der Waals surface area contributed by atoms with Crippen LogP contribution in [-0.4, -0.2) is 21.3 Å². The molecule has 8 heteroatoms. The summed E-state index contributed by atoms with van der Waals surface area (Å²) in [6.45, 7) is 0. The molecule has 2 aromatic carbocycles. The van der Waals surface area contributed by atoms with Crippen LogP contribution in [0.15, 0.2) is 29.4 Å². The zero-order chi connectivity index (χ0) is 15.9. The number of aromatic amines is 1. The number of H-pyrrole nitrogens is 1. The van der Waals surface area contributed by atoms with Gasteiger partial charge >= 0.3 is 0 Å². The van der Waals surface area contributed by atoms with Gasteiger partial charge in [0.1, 0.15) is 27.3 Å². The fraction of sp³-hybridized carbons (Fsp3) is 0.0714. The molecule has 0 saturated carbocycles. The van der Waals surface area contributed by atoms with E-state index in [0.717, 1.165) is 16.2 Å². The van der Waals surface area contributed by atoms with Gasteiger partial charge in [0.2, 0.25) is 0 Å². The number of thioether (sulfide) groups is 1. The van der Waals surface area contributed by atoms with Gasteiger partial charge in [-0.3, -0.25) is 0 Å². The SMILES string of the molecule is CSc1nc2cc(Oc3ccc(O)c(Cl)c3Cl)c(Cl)cc2[nH]1. The smallest absolute Gasteiger partial charge is 0.166 e. The molecule has 0 spiro atoms. The molecule has 0 aliphatic rings. The van der Waals surface area contributed by atoms with E-state index < -0.39 is 0 Å². The van der Waals surface area contributed by atoms with Crippen molar-refractivity contribution in [3.63, 3.8) is 0 Å². The first kappa shape index (κ1) is 15.6. The molecule has 114 valence electrons. The third-order valence-corrected chi connectivity index (χ3v) is 4.68. The molecule has 0 fully saturated rings. The van der Waals surface area contributed by atoms with E-state index in [1.54, 1.807) is 12.1 Å². The van der Waals surface area contributed by atoms with Crippen molar-refractivity contribution in [3.05, 3.63) is 39.3 Å². The first-order valence-corrected chi connectivity index (χ1v) is 8.43. The van der Waals surface area contributed by atoms with E-state index in [-0.39, 0.29) is 15.8 Å². The topological polar surface area (TPSA) is 58.1 Å². The van der Waals surface area contributed by atoms with Gasteiger partial charge in [0.25, 0.3) is 0 Å². The number of hydrogen-bond acceptors (Lipinski definition) is 4. The highest BCUT2D eigenvalue weighted by Crippen LogP contribution is 2.41. The highest BCUT2D eigenvalue weighted by Gasteiger charge is 2.14. The van der Waals surface area contributed by atoms with E-state index >= 15 is 0 Å². The molecule has 0 aliphatic carbocycles. The summed E-state index contributed by atoms with van der Waals surface area (Å²) >= 11 is 19.7. The van der Waals surface area contributed by atoms with Crippen molar-refractivity contribution in [1.29, 1.82) is 0 Å². The molecule has 1 heterocycles. The number of nitrogens with one attached hydrogen (secondary N) is 1. The standard InChI is InChI=1S/C14H9Cl3N2O2S/c1-22-14-18-7-4-6(15)11(5-8(7)19-14)21-10-3-2-9(20)12(16)13(10)17/h2-5,20H,1H3,(H,18,19). The highest BCUT2D eigenvalue weighted by molar-refractivity contribution is 7.98. The van der Waals surface area contributed by atoms with Gasteiger partial charge in [-0.15, -0.1) is 0 Å². The zero-order valence-corrected chi connectivity index (χ0v) is 14.2. The number of aromatic hydroxyl groups is 1. The predicted octanol–water partition coefficient (Wildman–Crippen LogP) is 5.74. The van der Waals surface area contributed by atoms with Crippen LogP contribution < -0.4 is 4.74 Å². The van der Waals surface area contributed by atoms with Gasteiger partial charge in [0.05, 0.1) is 16.1 Å². The Balaban J connectivity index is 2.03. The molecule has 0 saturated heterocycles. The highest BCUT2D eigenvalue weighted by atomic mass is 35.5. The Morgan fingerprint density at radius 3 is 2.64 bits per heavy atom.